The van der Waals surface area contributed by atoms with E-state index in [1.807, 2.05) is 42.1 Å². The molecule has 2 aromatic carbocycles. The lowest BCUT2D eigenvalue weighted by molar-refractivity contribution is 0.122. The first kappa shape index (κ1) is 22.6. The van der Waals surface area contributed by atoms with Gasteiger partial charge in [0.25, 0.3) is 0 Å². The van der Waals surface area contributed by atoms with E-state index in [4.69, 9.17) is 37.1 Å². The van der Waals surface area contributed by atoms with Crippen molar-refractivity contribution in [2.75, 3.05) is 43.1 Å². The maximum atomic E-state index is 6.05. The molecule has 0 radical (unpaired) electrons. The molecule has 0 atom stereocenters. The third-order valence-corrected chi connectivity index (χ3v) is 6.22. The van der Waals surface area contributed by atoms with Crippen LogP contribution in [0.25, 0.3) is 22.2 Å². The minimum absolute atomic E-state index is 0.658. The third-order valence-electron chi connectivity index (χ3n) is 5.97. The fourth-order valence-electron chi connectivity index (χ4n) is 4.18. The molecule has 3 N–H and O–H groups in total. The molecule has 9 heteroatoms. The van der Waals surface area contributed by atoms with E-state index in [2.05, 4.69) is 28.4 Å². The standard InChI is InChI=1S/C25H28ClN7O/c1-32-23-15-17(4-9-20(23)21(31-32)3-2-10-27)22-16-24(28-19-7-5-18(26)6-8-19)30-25(29-22)33-11-13-34-14-12-33/h4-9,15-16H,2-3,10-14,27H2,1H3,(H,28,29,30). The van der Waals surface area contributed by atoms with Crippen molar-refractivity contribution in [2.24, 2.45) is 12.8 Å². The van der Waals surface area contributed by atoms with Gasteiger partial charge >= 0.3 is 0 Å². The Labute approximate surface area is 203 Å². The molecule has 0 bridgehead atoms. The molecule has 0 unspecified atom stereocenters. The number of anilines is 3. The van der Waals surface area contributed by atoms with Crippen LogP contribution >= 0.6 is 11.6 Å². The van der Waals surface area contributed by atoms with Crippen molar-refractivity contribution in [1.29, 1.82) is 0 Å². The van der Waals surface area contributed by atoms with E-state index in [-0.39, 0.29) is 0 Å². The van der Waals surface area contributed by atoms with Crippen molar-refractivity contribution in [2.45, 2.75) is 12.8 Å². The molecule has 0 amide bonds. The second kappa shape index (κ2) is 9.97. The van der Waals surface area contributed by atoms with Crippen LogP contribution in [0.3, 0.4) is 0 Å². The number of hydrogen-bond donors (Lipinski definition) is 2. The molecule has 1 fully saturated rings. The largest absolute Gasteiger partial charge is 0.378 e. The number of benzene rings is 2. The van der Waals surface area contributed by atoms with Crippen LogP contribution in [0, 0.1) is 0 Å². The van der Waals surface area contributed by atoms with Crippen LogP contribution in [0.2, 0.25) is 5.02 Å². The van der Waals surface area contributed by atoms with Gasteiger partial charge in [0.15, 0.2) is 0 Å². The van der Waals surface area contributed by atoms with Crippen LogP contribution in [0.15, 0.2) is 48.5 Å². The Balaban J connectivity index is 1.54. The van der Waals surface area contributed by atoms with Gasteiger partial charge in [-0.15, -0.1) is 0 Å². The van der Waals surface area contributed by atoms with Crippen LogP contribution in [0.1, 0.15) is 12.1 Å². The van der Waals surface area contributed by atoms with Gasteiger partial charge in [0.1, 0.15) is 5.82 Å². The predicted octanol–water partition coefficient (Wildman–Crippen LogP) is 4.16. The van der Waals surface area contributed by atoms with E-state index in [1.54, 1.807) is 0 Å². The van der Waals surface area contributed by atoms with E-state index < -0.39 is 0 Å². The van der Waals surface area contributed by atoms with E-state index in [9.17, 15) is 0 Å². The predicted molar refractivity (Wildman–Crippen MR) is 137 cm³/mol. The summed E-state index contributed by atoms with van der Waals surface area (Å²) in [6, 6.07) is 15.9. The Hall–Kier alpha value is -3.20. The fraction of sp³-hybridized carbons (Fsp3) is 0.320. The molecule has 0 spiro atoms. The lowest BCUT2D eigenvalue weighted by Crippen LogP contribution is -2.37. The maximum absolute atomic E-state index is 6.05. The second-order valence-corrected chi connectivity index (χ2v) is 8.80. The summed E-state index contributed by atoms with van der Waals surface area (Å²) >= 11 is 6.05. The summed E-state index contributed by atoms with van der Waals surface area (Å²) in [7, 11) is 1.98. The number of nitrogens with two attached hydrogens (primary N) is 1. The molecule has 176 valence electrons. The summed E-state index contributed by atoms with van der Waals surface area (Å²) in [5, 5.41) is 9.96. The van der Waals surface area contributed by atoms with Gasteiger partial charge in [-0.3, -0.25) is 4.68 Å². The zero-order valence-electron chi connectivity index (χ0n) is 19.2. The zero-order chi connectivity index (χ0) is 23.5. The van der Waals surface area contributed by atoms with Crippen molar-refractivity contribution in [3.8, 4) is 11.3 Å². The Morgan fingerprint density at radius 3 is 2.62 bits per heavy atom. The van der Waals surface area contributed by atoms with Crippen LogP contribution in [0.4, 0.5) is 17.5 Å². The summed E-state index contributed by atoms with van der Waals surface area (Å²) in [4.78, 5) is 11.9. The Bertz CT molecular complexity index is 1280. The number of nitrogens with one attached hydrogen (secondary N) is 1. The molecule has 1 aliphatic heterocycles. The Morgan fingerprint density at radius 1 is 1.06 bits per heavy atom. The molecule has 1 aliphatic rings. The molecule has 0 saturated carbocycles. The van der Waals surface area contributed by atoms with Crippen LogP contribution in [-0.4, -0.2) is 52.6 Å². The molecular weight excluding hydrogens is 450 g/mol. The van der Waals surface area contributed by atoms with Gasteiger partial charge in [-0.05, 0) is 49.7 Å². The number of fused-ring (bicyclic) bond motifs is 1. The third kappa shape index (κ3) is 4.84. The highest BCUT2D eigenvalue weighted by molar-refractivity contribution is 6.30. The molecular formula is C25H28ClN7O. The normalized spacial score (nSPS) is 14.0. The first-order valence-electron chi connectivity index (χ1n) is 11.5. The molecule has 0 aliphatic carbocycles. The molecule has 2 aromatic heterocycles. The van der Waals surface area contributed by atoms with Crippen LogP contribution in [0.5, 0.6) is 0 Å². The number of hydrogen-bond acceptors (Lipinski definition) is 7. The Kier molecular flexibility index (Phi) is 6.62. The van der Waals surface area contributed by atoms with Gasteiger partial charge in [-0.25, -0.2) is 4.98 Å². The van der Waals surface area contributed by atoms with Crippen molar-refractivity contribution in [3.05, 3.63) is 59.2 Å². The number of morpholine rings is 1. The Morgan fingerprint density at radius 2 is 1.85 bits per heavy atom. The highest BCUT2D eigenvalue weighted by atomic mass is 35.5. The lowest BCUT2D eigenvalue weighted by Gasteiger charge is -2.27. The van der Waals surface area contributed by atoms with Gasteiger partial charge in [0.05, 0.1) is 30.1 Å². The quantitative estimate of drug-likeness (QED) is 0.412. The molecule has 5 rings (SSSR count). The van der Waals surface area contributed by atoms with Gasteiger partial charge in [0.2, 0.25) is 5.95 Å². The number of aryl methyl sites for hydroxylation is 2. The first-order valence-corrected chi connectivity index (χ1v) is 11.9. The van der Waals surface area contributed by atoms with Crippen molar-refractivity contribution < 1.29 is 4.74 Å². The minimum Gasteiger partial charge on any atom is -0.378 e. The summed E-state index contributed by atoms with van der Waals surface area (Å²) in [5.41, 5.74) is 10.6. The van der Waals surface area contributed by atoms with Gasteiger partial charge in [0, 0.05) is 47.9 Å². The van der Waals surface area contributed by atoms with E-state index in [0.29, 0.717) is 30.7 Å². The fourth-order valence-corrected chi connectivity index (χ4v) is 4.30. The highest BCUT2D eigenvalue weighted by Gasteiger charge is 2.17. The molecule has 4 aromatic rings. The topological polar surface area (TPSA) is 94.1 Å². The maximum Gasteiger partial charge on any atom is 0.228 e. The molecule has 34 heavy (non-hydrogen) atoms. The second-order valence-electron chi connectivity index (χ2n) is 8.36. The SMILES string of the molecule is Cn1nc(CCCN)c2ccc(-c3cc(Nc4ccc(Cl)cc4)nc(N4CCOCC4)n3)cc21. The number of rotatable bonds is 7. The van der Waals surface area contributed by atoms with Crippen molar-refractivity contribution in [3.63, 3.8) is 0 Å². The average molecular weight is 478 g/mol. The first-order chi connectivity index (χ1) is 16.6. The van der Waals surface area contributed by atoms with Crippen LogP contribution < -0.4 is 16.0 Å². The van der Waals surface area contributed by atoms with E-state index in [0.717, 1.165) is 65.3 Å². The summed E-state index contributed by atoms with van der Waals surface area (Å²) < 4.78 is 7.45. The summed E-state index contributed by atoms with van der Waals surface area (Å²) in [5.74, 6) is 1.41. The number of aromatic nitrogens is 4. The minimum atomic E-state index is 0.658. The average Bonchev–Trinajstić information content (AvgIpc) is 3.19. The van der Waals surface area contributed by atoms with Gasteiger partial charge in [-0.2, -0.15) is 10.1 Å². The van der Waals surface area contributed by atoms with E-state index in [1.165, 1.54) is 0 Å². The van der Waals surface area contributed by atoms with Crippen molar-refractivity contribution in [1.82, 2.24) is 19.7 Å². The highest BCUT2D eigenvalue weighted by Crippen LogP contribution is 2.29. The monoisotopic (exact) mass is 477 g/mol. The molecule has 1 saturated heterocycles. The van der Waals surface area contributed by atoms with Crippen molar-refractivity contribution >= 4 is 40.0 Å². The van der Waals surface area contributed by atoms with Gasteiger partial charge < -0.3 is 20.7 Å². The molecule has 3 heterocycles. The summed E-state index contributed by atoms with van der Waals surface area (Å²) in [6.45, 7) is 3.51. The lowest BCUT2D eigenvalue weighted by atomic mass is 10.1. The smallest absolute Gasteiger partial charge is 0.228 e. The van der Waals surface area contributed by atoms with Gasteiger partial charge in [-0.1, -0.05) is 23.7 Å². The van der Waals surface area contributed by atoms with E-state index >= 15 is 0 Å². The molecule has 8 nitrogen and oxygen atoms in total. The zero-order valence-corrected chi connectivity index (χ0v) is 19.9. The number of nitrogens with zero attached hydrogens (tertiary/aromatic N) is 5. The number of halogens is 1. The number of ether oxygens (including phenoxy) is 1. The van der Waals surface area contributed by atoms with Crippen LogP contribution in [-0.2, 0) is 18.2 Å². The summed E-state index contributed by atoms with van der Waals surface area (Å²) in [6.07, 6.45) is 1.79.